The molecule has 7 heteroatoms. The summed E-state index contributed by atoms with van der Waals surface area (Å²) < 4.78 is 5.00. The van der Waals surface area contributed by atoms with Gasteiger partial charge < -0.3 is 9.84 Å². The molecule has 128 valence electrons. The number of hydrogen-bond donors (Lipinski definition) is 2. The lowest BCUT2D eigenvalue weighted by Gasteiger charge is -2.19. The van der Waals surface area contributed by atoms with Gasteiger partial charge >= 0.3 is 11.9 Å². The van der Waals surface area contributed by atoms with Crippen molar-refractivity contribution >= 4 is 35.5 Å². The predicted octanol–water partition coefficient (Wildman–Crippen LogP) is 2.51. The first-order valence-corrected chi connectivity index (χ1v) is 9.59. The van der Waals surface area contributed by atoms with Gasteiger partial charge in [-0.3, -0.25) is 14.9 Å². The van der Waals surface area contributed by atoms with E-state index < -0.39 is 24.0 Å². The van der Waals surface area contributed by atoms with E-state index in [1.165, 1.54) is 11.8 Å². The Morgan fingerprint density at radius 2 is 1.96 bits per heavy atom. The van der Waals surface area contributed by atoms with Gasteiger partial charge in [0.15, 0.2) is 0 Å². The van der Waals surface area contributed by atoms with Crippen molar-refractivity contribution in [2.45, 2.75) is 30.8 Å². The normalized spacial score (nSPS) is 13.3. The largest absolute Gasteiger partial charge is 0.480 e. The van der Waals surface area contributed by atoms with Crippen molar-refractivity contribution < 1.29 is 19.4 Å². The van der Waals surface area contributed by atoms with E-state index in [0.717, 1.165) is 11.5 Å². The van der Waals surface area contributed by atoms with Crippen LogP contribution in [-0.2, 0) is 14.3 Å². The molecule has 0 aromatic heterocycles. The first kappa shape index (κ1) is 19.9. The van der Waals surface area contributed by atoms with Crippen LogP contribution in [0.5, 0.6) is 0 Å². The minimum Gasteiger partial charge on any atom is -0.480 e. The quantitative estimate of drug-likeness (QED) is 0.358. The molecule has 0 aliphatic carbocycles. The highest BCUT2D eigenvalue weighted by Crippen LogP contribution is 2.18. The van der Waals surface area contributed by atoms with E-state index in [-0.39, 0.29) is 6.61 Å². The van der Waals surface area contributed by atoms with Gasteiger partial charge in [-0.1, -0.05) is 18.2 Å². The number of carbonyl (C=O) groups excluding carboxylic acids is 1. The summed E-state index contributed by atoms with van der Waals surface area (Å²) in [6.07, 6.45) is 0. The van der Waals surface area contributed by atoms with Gasteiger partial charge in [-0.2, -0.15) is 11.8 Å². The Morgan fingerprint density at radius 3 is 2.57 bits per heavy atom. The van der Waals surface area contributed by atoms with Crippen molar-refractivity contribution in [1.82, 2.24) is 5.32 Å². The van der Waals surface area contributed by atoms with Crippen molar-refractivity contribution in [3.05, 3.63) is 30.3 Å². The summed E-state index contributed by atoms with van der Waals surface area (Å²) in [6.45, 7) is 3.54. The van der Waals surface area contributed by atoms with Gasteiger partial charge in [0, 0.05) is 22.2 Å². The molecule has 1 aromatic carbocycles. The van der Waals surface area contributed by atoms with Crippen molar-refractivity contribution in [3.8, 4) is 0 Å². The zero-order valence-electron chi connectivity index (χ0n) is 13.4. The second-order valence-corrected chi connectivity index (χ2v) is 7.09. The van der Waals surface area contributed by atoms with E-state index in [2.05, 4.69) is 17.4 Å². The highest BCUT2D eigenvalue weighted by Gasteiger charge is 2.24. The molecule has 0 radical (unpaired) electrons. The third kappa shape index (κ3) is 8.29. The van der Waals surface area contributed by atoms with E-state index in [1.54, 1.807) is 30.4 Å². The van der Waals surface area contributed by atoms with Crippen LogP contribution in [0.2, 0.25) is 0 Å². The minimum atomic E-state index is -0.982. The Kier molecular flexibility index (Phi) is 9.82. The van der Waals surface area contributed by atoms with Crippen molar-refractivity contribution in [2.75, 3.05) is 23.9 Å². The van der Waals surface area contributed by atoms with Crippen molar-refractivity contribution in [3.63, 3.8) is 0 Å². The zero-order chi connectivity index (χ0) is 17.1. The number of hydrogen-bond acceptors (Lipinski definition) is 6. The Hall–Kier alpha value is -1.18. The van der Waals surface area contributed by atoms with Crippen LogP contribution in [0, 0.1) is 0 Å². The highest BCUT2D eigenvalue weighted by atomic mass is 32.2. The third-order valence-electron chi connectivity index (χ3n) is 2.92. The topological polar surface area (TPSA) is 75.6 Å². The average molecular weight is 357 g/mol. The summed E-state index contributed by atoms with van der Waals surface area (Å²) in [5, 5.41) is 11.8. The fraction of sp³-hybridized carbons (Fsp3) is 0.500. The van der Waals surface area contributed by atoms with Crippen LogP contribution in [0.15, 0.2) is 35.2 Å². The van der Waals surface area contributed by atoms with Crippen LogP contribution in [0.25, 0.3) is 0 Å². The average Bonchev–Trinajstić information content (AvgIpc) is 2.54. The molecule has 0 saturated carbocycles. The van der Waals surface area contributed by atoms with Crippen LogP contribution < -0.4 is 5.32 Å². The first-order chi connectivity index (χ1) is 11.0. The molecule has 2 N–H and O–H groups in total. The van der Waals surface area contributed by atoms with E-state index in [0.29, 0.717) is 5.75 Å². The number of thioether (sulfide) groups is 2. The second kappa shape index (κ2) is 11.4. The van der Waals surface area contributed by atoms with Crippen LogP contribution >= 0.6 is 23.5 Å². The Bertz CT molecular complexity index is 484. The number of carboxylic acids is 1. The molecule has 0 aliphatic heterocycles. The smallest absolute Gasteiger partial charge is 0.324 e. The van der Waals surface area contributed by atoms with Gasteiger partial charge in [0.2, 0.25) is 0 Å². The van der Waals surface area contributed by atoms with Crippen LogP contribution in [-0.4, -0.2) is 53.0 Å². The van der Waals surface area contributed by atoms with Crippen LogP contribution in [0.1, 0.15) is 13.8 Å². The number of carboxylic acid groups (broad SMARTS) is 1. The minimum absolute atomic E-state index is 0.285. The fourth-order valence-electron chi connectivity index (χ4n) is 1.74. The van der Waals surface area contributed by atoms with Gasteiger partial charge in [0.05, 0.1) is 6.61 Å². The molecule has 0 unspecified atom stereocenters. The maximum absolute atomic E-state index is 11.9. The first-order valence-electron chi connectivity index (χ1n) is 7.45. The van der Waals surface area contributed by atoms with Crippen molar-refractivity contribution in [2.24, 2.45) is 0 Å². The molecule has 1 rings (SSSR count). The SMILES string of the molecule is CCOC(=O)[C@H](CSCCSc1ccccc1)N[C@@H](C)C(=O)O. The fourth-order valence-corrected chi connectivity index (χ4v) is 3.76. The summed E-state index contributed by atoms with van der Waals surface area (Å²) >= 11 is 3.37. The van der Waals surface area contributed by atoms with Crippen LogP contribution in [0.3, 0.4) is 0 Å². The highest BCUT2D eigenvalue weighted by molar-refractivity contribution is 8.03. The monoisotopic (exact) mass is 357 g/mol. The van der Waals surface area contributed by atoms with E-state index in [4.69, 9.17) is 9.84 Å². The third-order valence-corrected chi connectivity index (χ3v) is 5.25. The van der Waals surface area contributed by atoms with Gasteiger partial charge in [-0.05, 0) is 26.0 Å². The van der Waals surface area contributed by atoms with E-state index >= 15 is 0 Å². The lowest BCUT2D eigenvalue weighted by molar-refractivity contribution is -0.146. The zero-order valence-corrected chi connectivity index (χ0v) is 15.0. The number of esters is 1. The molecule has 0 spiro atoms. The maximum atomic E-state index is 11.9. The molecule has 0 aliphatic rings. The summed E-state index contributed by atoms with van der Waals surface area (Å²) in [4.78, 5) is 24.0. The number of ether oxygens (including phenoxy) is 1. The number of carbonyl (C=O) groups is 2. The number of rotatable bonds is 11. The standard InChI is InChI=1S/C16H23NO4S2/c1-3-21-16(20)14(17-12(2)15(18)19)11-22-9-10-23-13-7-5-4-6-8-13/h4-8,12,14,17H,3,9-11H2,1-2H3,(H,18,19)/t12-,14-/m0/s1. The molecule has 0 bridgehead atoms. The lowest BCUT2D eigenvalue weighted by Crippen LogP contribution is -2.47. The molecule has 0 saturated heterocycles. The predicted molar refractivity (Wildman–Crippen MR) is 95.1 cm³/mol. The Labute approximate surface area is 145 Å². The number of nitrogens with one attached hydrogen (secondary N) is 1. The summed E-state index contributed by atoms with van der Waals surface area (Å²) in [5.74, 6) is 0.913. The molecule has 0 amide bonds. The maximum Gasteiger partial charge on any atom is 0.324 e. The Balaban J connectivity index is 2.35. The van der Waals surface area contributed by atoms with Crippen LogP contribution in [0.4, 0.5) is 0 Å². The van der Waals surface area contributed by atoms with Crippen molar-refractivity contribution in [1.29, 1.82) is 0 Å². The molecule has 1 aromatic rings. The molecule has 0 fully saturated rings. The number of aliphatic carboxylic acids is 1. The Morgan fingerprint density at radius 1 is 1.26 bits per heavy atom. The molecule has 5 nitrogen and oxygen atoms in total. The van der Waals surface area contributed by atoms with Gasteiger partial charge in [-0.25, -0.2) is 0 Å². The van der Waals surface area contributed by atoms with E-state index in [1.807, 2.05) is 18.2 Å². The van der Waals surface area contributed by atoms with Gasteiger partial charge in [-0.15, -0.1) is 11.8 Å². The molecule has 23 heavy (non-hydrogen) atoms. The summed E-state index contributed by atoms with van der Waals surface area (Å²) in [6, 6.07) is 8.72. The molecular formula is C16H23NO4S2. The molecule has 2 atom stereocenters. The second-order valence-electron chi connectivity index (χ2n) is 4.77. The lowest BCUT2D eigenvalue weighted by atomic mass is 10.2. The summed E-state index contributed by atoms with van der Waals surface area (Å²) in [5.41, 5.74) is 0. The van der Waals surface area contributed by atoms with Gasteiger partial charge in [0.25, 0.3) is 0 Å². The molecular weight excluding hydrogens is 334 g/mol. The molecule has 0 heterocycles. The van der Waals surface area contributed by atoms with Gasteiger partial charge in [0.1, 0.15) is 12.1 Å². The van der Waals surface area contributed by atoms with E-state index in [9.17, 15) is 9.59 Å². The number of benzene rings is 1. The summed E-state index contributed by atoms with van der Waals surface area (Å²) in [7, 11) is 0.